The average molecular weight is 333 g/mol. The number of guanidine groups is 1. The number of nitrogens with two attached hydrogens (primary N) is 1. The number of rotatable bonds is 6. The Morgan fingerprint density at radius 1 is 1.08 bits per heavy atom. The lowest BCUT2D eigenvalue weighted by Gasteiger charge is -2.20. The summed E-state index contributed by atoms with van der Waals surface area (Å²) in [6, 6.07) is 5.80. The summed E-state index contributed by atoms with van der Waals surface area (Å²) in [6.45, 7) is 1.46. The highest BCUT2D eigenvalue weighted by atomic mass is 16.5. The smallest absolute Gasteiger partial charge is 0.188 e. The summed E-state index contributed by atoms with van der Waals surface area (Å²) in [5.41, 5.74) is 7.06. The topological polar surface area (TPSA) is 68.9 Å². The molecule has 0 aliphatic heterocycles. The number of methoxy groups -OCH3 is 2. The lowest BCUT2D eigenvalue weighted by Crippen LogP contribution is -2.35. The van der Waals surface area contributed by atoms with Crippen molar-refractivity contribution in [2.24, 2.45) is 16.6 Å². The van der Waals surface area contributed by atoms with Crippen molar-refractivity contribution in [3.63, 3.8) is 0 Å². The van der Waals surface area contributed by atoms with Crippen LogP contribution in [0.1, 0.15) is 50.5 Å². The summed E-state index contributed by atoms with van der Waals surface area (Å²) in [7, 11) is 3.27. The molecule has 1 aromatic rings. The maximum Gasteiger partial charge on any atom is 0.188 e. The molecule has 3 N–H and O–H groups in total. The predicted molar refractivity (Wildman–Crippen MR) is 98.7 cm³/mol. The minimum atomic E-state index is 0.520. The number of aliphatic imine (C=N–C) groups is 1. The Morgan fingerprint density at radius 2 is 1.75 bits per heavy atom. The van der Waals surface area contributed by atoms with Crippen LogP contribution in [0.15, 0.2) is 23.2 Å². The summed E-state index contributed by atoms with van der Waals surface area (Å²) in [5.74, 6) is 2.68. The SMILES string of the molecule is COc1ccc(CN=C(N)NCC2CCCCCCC2)cc1OC. The van der Waals surface area contributed by atoms with E-state index in [1.807, 2.05) is 18.2 Å². The minimum Gasteiger partial charge on any atom is -0.493 e. The van der Waals surface area contributed by atoms with Crippen molar-refractivity contribution in [1.29, 1.82) is 0 Å². The van der Waals surface area contributed by atoms with Crippen LogP contribution in [-0.4, -0.2) is 26.7 Å². The average Bonchev–Trinajstić information content (AvgIpc) is 2.58. The lowest BCUT2D eigenvalue weighted by molar-refractivity contribution is 0.354. The third-order valence-corrected chi connectivity index (χ3v) is 4.68. The molecule has 1 aromatic carbocycles. The fourth-order valence-electron chi connectivity index (χ4n) is 3.21. The second kappa shape index (κ2) is 10.1. The van der Waals surface area contributed by atoms with Gasteiger partial charge in [0.1, 0.15) is 0 Å². The van der Waals surface area contributed by atoms with Crippen molar-refractivity contribution in [1.82, 2.24) is 5.32 Å². The Hall–Kier alpha value is -1.91. The molecule has 0 unspecified atom stereocenters. The maximum absolute atomic E-state index is 6.02. The Morgan fingerprint density at radius 3 is 2.42 bits per heavy atom. The van der Waals surface area contributed by atoms with E-state index >= 15 is 0 Å². The first-order valence-electron chi connectivity index (χ1n) is 8.97. The van der Waals surface area contributed by atoms with Crippen molar-refractivity contribution in [2.75, 3.05) is 20.8 Å². The van der Waals surface area contributed by atoms with Gasteiger partial charge in [0.25, 0.3) is 0 Å². The second-order valence-corrected chi connectivity index (χ2v) is 6.48. The van der Waals surface area contributed by atoms with E-state index in [1.54, 1.807) is 14.2 Å². The molecule has 0 radical (unpaired) electrons. The molecule has 1 saturated carbocycles. The van der Waals surface area contributed by atoms with Gasteiger partial charge >= 0.3 is 0 Å². The van der Waals surface area contributed by atoms with Gasteiger partial charge in [0.2, 0.25) is 0 Å². The summed E-state index contributed by atoms with van der Waals surface area (Å²) in [6.07, 6.45) is 9.43. The van der Waals surface area contributed by atoms with Gasteiger partial charge in [-0.15, -0.1) is 0 Å². The number of ether oxygens (including phenoxy) is 2. The molecule has 5 nitrogen and oxygen atoms in total. The van der Waals surface area contributed by atoms with Crippen molar-refractivity contribution in [3.05, 3.63) is 23.8 Å². The molecular weight excluding hydrogens is 302 g/mol. The fourth-order valence-corrected chi connectivity index (χ4v) is 3.21. The Balaban J connectivity index is 1.82. The molecule has 24 heavy (non-hydrogen) atoms. The molecule has 0 bridgehead atoms. The van der Waals surface area contributed by atoms with Gasteiger partial charge in [-0.25, -0.2) is 4.99 Å². The highest BCUT2D eigenvalue weighted by molar-refractivity contribution is 5.77. The van der Waals surface area contributed by atoms with Gasteiger partial charge in [-0.2, -0.15) is 0 Å². The van der Waals surface area contributed by atoms with E-state index in [-0.39, 0.29) is 0 Å². The Kier molecular flexibility index (Phi) is 7.72. The number of hydrogen-bond acceptors (Lipinski definition) is 3. The van der Waals surface area contributed by atoms with Gasteiger partial charge in [-0.1, -0.05) is 38.2 Å². The molecule has 0 spiro atoms. The van der Waals surface area contributed by atoms with Crippen LogP contribution in [-0.2, 0) is 6.54 Å². The van der Waals surface area contributed by atoms with Crippen molar-refractivity contribution >= 4 is 5.96 Å². The van der Waals surface area contributed by atoms with Crippen molar-refractivity contribution < 1.29 is 9.47 Å². The summed E-state index contributed by atoms with van der Waals surface area (Å²) < 4.78 is 10.6. The standard InChI is InChI=1S/C19H31N3O2/c1-23-17-11-10-16(12-18(17)24-2)14-22-19(20)21-13-15-8-6-4-3-5-7-9-15/h10-12,15H,3-9,13-14H2,1-2H3,(H3,20,21,22). The number of nitrogens with one attached hydrogen (secondary N) is 1. The van der Waals surface area contributed by atoms with E-state index in [9.17, 15) is 0 Å². The Labute approximate surface area is 145 Å². The van der Waals surface area contributed by atoms with Crippen LogP contribution < -0.4 is 20.5 Å². The zero-order chi connectivity index (χ0) is 17.2. The lowest BCUT2D eigenvalue weighted by atomic mass is 9.91. The van der Waals surface area contributed by atoms with E-state index in [4.69, 9.17) is 15.2 Å². The normalized spacial score (nSPS) is 17.0. The number of hydrogen-bond donors (Lipinski definition) is 2. The van der Waals surface area contributed by atoms with Gasteiger partial charge in [-0.3, -0.25) is 0 Å². The van der Waals surface area contributed by atoms with Gasteiger partial charge in [-0.05, 0) is 36.5 Å². The maximum atomic E-state index is 6.02. The summed E-state index contributed by atoms with van der Waals surface area (Å²) in [4.78, 5) is 4.44. The highest BCUT2D eigenvalue weighted by Gasteiger charge is 2.11. The van der Waals surface area contributed by atoms with E-state index < -0.39 is 0 Å². The summed E-state index contributed by atoms with van der Waals surface area (Å²) >= 11 is 0. The van der Waals surface area contributed by atoms with Crippen LogP contribution in [0.4, 0.5) is 0 Å². The first kappa shape index (κ1) is 18.4. The largest absolute Gasteiger partial charge is 0.493 e. The Bertz CT molecular complexity index is 523. The molecule has 1 fully saturated rings. The minimum absolute atomic E-state index is 0.520. The number of nitrogens with zero attached hydrogens (tertiary/aromatic N) is 1. The highest BCUT2D eigenvalue weighted by Crippen LogP contribution is 2.27. The van der Waals surface area contributed by atoms with Crippen LogP contribution in [0.2, 0.25) is 0 Å². The molecule has 1 aliphatic rings. The summed E-state index contributed by atoms with van der Waals surface area (Å²) in [5, 5.41) is 3.29. The second-order valence-electron chi connectivity index (χ2n) is 6.48. The van der Waals surface area contributed by atoms with E-state index in [2.05, 4.69) is 10.3 Å². The first-order chi connectivity index (χ1) is 11.7. The van der Waals surface area contributed by atoms with Crippen LogP contribution in [0.3, 0.4) is 0 Å². The molecule has 1 aliphatic carbocycles. The van der Waals surface area contributed by atoms with Gasteiger partial charge in [0.05, 0.1) is 20.8 Å². The van der Waals surface area contributed by atoms with E-state index in [0.29, 0.717) is 18.3 Å². The van der Waals surface area contributed by atoms with Crippen LogP contribution in [0, 0.1) is 5.92 Å². The molecule has 2 rings (SSSR count). The molecule has 134 valence electrons. The van der Waals surface area contributed by atoms with Crippen LogP contribution in [0.25, 0.3) is 0 Å². The third-order valence-electron chi connectivity index (χ3n) is 4.68. The van der Waals surface area contributed by atoms with Gasteiger partial charge in [0.15, 0.2) is 17.5 Å². The van der Waals surface area contributed by atoms with Gasteiger partial charge in [0, 0.05) is 6.54 Å². The van der Waals surface area contributed by atoms with Crippen molar-refractivity contribution in [2.45, 2.75) is 51.5 Å². The van der Waals surface area contributed by atoms with E-state index in [0.717, 1.165) is 23.8 Å². The molecule has 0 atom stereocenters. The van der Waals surface area contributed by atoms with Crippen LogP contribution in [0.5, 0.6) is 11.5 Å². The monoisotopic (exact) mass is 333 g/mol. The van der Waals surface area contributed by atoms with E-state index in [1.165, 1.54) is 44.9 Å². The van der Waals surface area contributed by atoms with Crippen molar-refractivity contribution in [3.8, 4) is 11.5 Å². The molecule has 5 heteroatoms. The zero-order valence-corrected chi connectivity index (χ0v) is 15.0. The predicted octanol–water partition coefficient (Wildman–Crippen LogP) is 3.47. The molecule has 0 heterocycles. The molecule has 0 amide bonds. The number of benzene rings is 1. The molecular formula is C19H31N3O2. The van der Waals surface area contributed by atoms with Crippen LogP contribution >= 0.6 is 0 Å². The van der Waals surface area contributed by atoms with Gasteiger partial charge < -0.3 is 20.5 Å². The quantitative estimate of drug-likeness (QED) is 0.618. The fraction of sp³-hybridized carbons (Fsp3) is 0.632. The molecule has 0 saturated heterocycles. The molecule has 0 aromatic heterocycles. The first-order valence-corrected chi connectivity index (χ1v) is 8.97. The third kappa shape index (κ3) is 5.95. The zero-order valence-electron chi connectivity index (χ0n) is 15.0.